The van der Waals surface area contributed by atoms with Gasteiger partial charge >= 0.3 is 5.63 Å². The van der Waals surface area contributed by atoms with E-state index in [1.807, 2.05) is 18.2 Å². The molecule has 0 saturated heterocycles. The molecule has 0 aliphatic rings. The van der Waals surface area contributed by atoms with E-state index in [0.29, 0.717) is 5.58 Å². The Morgan fingerprint density at radius 2 is 1.74 bits per heavy atom. The van der Waals surface area contributed by atoms with Crippen molar-refractivity contribution in [2.45, 2.75) is 13.8 Å². The lowest BCUT2D eigenvalue weighted by molar-refractivity contribution is 0.562. The van der Waals surface area contributed by atoms with Crippen molar-refractivity contribution in [3.8, 4) is 11.1 Å². The summed E-state index contributed by atoms with van der Waals surface area (Å²) < 4.78 is 5.39. The summed E-state index contributed by atoms with van der Waals surface area (Å²) in [5.74, 6) is 0. The van der Waals surface area contributed by atoms with E-state index < -0.39 is 0 Å². The van der Waals surface area contributed by atoms with Crippen LogP contribution in [0.3, 0.4) is 0 Å². The van der Waals surface area contributed by atoms with Crippen LogP contribution in [0.15, 0.2) is 57.7 Å². The molecule has 3 aromatic rings. The van der Waals surface area contributed by atoms with Gasteiger partial charge in [-0.1, -0.05) is 42.0 Å². The molecule has 94 valence electrons. The molecule has 0 bridgehead atoms. The Kier molecular flexibility index (Phi) is 2.71. The molecule has 0 aliphatic heterocycles. The van der Waals surface area contributed by atoms with Crippen molar-refractivity contribution in [1.82, 2.24) is 0 Å². The fourth-order valence-corrected chi connectivity index (χ4v) is 2.33. The average Bonchev–Trinajstić information content (AvgIpc) is 2.41. The third-order valence-electron chi connectivity index (χ3n) is 3.33. The molecule has 1 heterocycles. The summed E-state index contributed by atoms with van der Waals surface area (Å²) >= 11 is 0. The van der Waals surface area contributed by atoms with Gasteiger partial charge in [-0.25, -0.2) is 4.79 Å². The first-order chi connectivity index (χ1) is 9.15. The van der Waals surface area contributed by atoms with Crippen LogP contribution in [0, 0.1) is 13.8 Å². The zero-order valence-electron chi connectivity index (χ0n) is 10.9. The molecule has 0 saturated carbocycles. The third kappa shape index (κ3) is 2.06. The Morgan fingerprint density at radius 3 is 2.58 bits per heavy atom. The standard InChI is InChI=1S/C17H14O2/c1-11-6-7-12(2)15(10-11)14-5-3-4-13-8-9-16(18)19-17(13)14/h3-10H,1-2H3. The summed E-state index contributed by atoms with van der Waals surface area (Å²) in [5, 5.41) is 0.943. The maximum absolute atomic E-state index is 11.5. The minimum absolute atomic E-state index is 0.315. The summed E-state index contributed by atoms with van der Waals surface area (Å²) in [6.45, 7) is 4.12. The normalized spacial score (nSPS) is 10.8. The predicted octanol–water partition coefficient (Wildman–Crippen LogP) is 4.08. The van der Waals surface area contributed by atoms with Crippen molar-refractivity contribution < 1.29 is 4.42 Å². The van der Waals surface area contributed by atoms with E-state index in [2.05, 4.69) is 32.0 Å². The zero-order valence-corrected chi connectivity index (χ0v) is 10.9. The second-order valence-corrected chi connectivity index (χ2v) is 4.80. The fourth-order valence-electron chi connectivity index (χ4n) is 2.33. The highest BCUT2D eigenvalue weighted by Crippen LogP contribution is 2.30. The van der Waals surface area contributed by atoms with Crippen LogP contribution in [-0.4, -0.2) is 0 Å². The molecule has 0 amide bonds. The van der Waals surface area contributed by atoms with Gasteiger partial charge < -0.3 is 4.42 Å². The first kappa shape index (κ1) is 11.7. The van der Waals surface area contributed by atoms with Crippen LogP contribution in [0.1, 0.15) is 11.1 Å². The van der Waals surface area contributed by atoms with Gasteiger partial charge in [0, 0.05) is 17.0 Å². The Balaban J connectivity index is 2.39. The van der Waals surface area contributed by atoms with Gasteiger partial charge in [0.05, 0.1) is 0 Å². The highest BCUT2D eigenvalue weighted by Gasteiger charge is 2.09. The van der Waals surface area contributed by atoms with Crippen LogP contribution in [0.5, 0.6) is 0 Å². The molecule has 0 N–H and O–H groups in total. The summed E-state index contributed by atoms with van der Waals surface area (Å²) in [5.41, 5.74) is 4.78. The van der Waals surface area contributed by atoms with Gasteiger partial charge in [-0.05, 0) is 31.0 Å². The first-order valence-corrected chi connectivity index (χ1v) is 6.26. The molecule has 0 unspecified atom stereocenters. The quantitative estimate of drug-likeness (QED) is 0.609. The van der Waals surface area contributed by atoms with E-state index in [1.54, 1.807) is 6.07 Å². The molecule has 0 radical (unpaired) electrons. The molecule has 3 rings (SSSR count). The molecule has 2 aromatic carbocycles. The Labute approximate surface area is 111 Å². The molecule has 1 aromatic heterocycles. The van der Waals surface area contributed by atoms with Gasteiger partial charge in [0.1, 0.15) is 5.58 Å². The lowest BCUT2D eigenvalue weighted by Gasteiger charge is -2.09. The van der Waals surface area contributed by atoms with E-state index >= 15 is 0 Å². The minimum Gasteiger partial charge on any atom is -0.422 e. The molecule has 0 fully saturated rings. The SMILES string of the molecule is Cc1ccc(C)c(-c2cccc3ccc(=O)oc23)c1. The first-order valence-electron chi connectivity index (χ1n) is 6.26. The highest BCUT2D eigenvalue weighted by molar-refractivity contribution is 5.92. The molecule has 0 aliphatic carbocycles. The highest BCUT2D eigenvalue weighted by atomic mass is 16.4. The lowest BCUT2D eigenvalue weighted by Crippen LogP contribution is -1.96. The second kappa shape index (κ2) is 4.39. The number of aryl methyl sites for hydroxylation is 2. The molecule has 0 spiro atoms. The Hall–Kier alpha value is -2.35. The van der Waals surface area contributed by atoms with Crippen LogP contribution < -0.4 is 5.63 Å². The van der Waals surface area contributed by atoms with E-state index in [-0.39, 0.29) is 5.63 Å². The van der Waals surface area contributed by atoms with Gasteiger partial charge in [0.15, 0.2) is 0 Å². The summed E-state index contributed by atoms with van der Waals surface area (Å²) in [4.78, 5) is 11.5. The zero-order chi connectivity index (χ0) is 13.4. The number of para-hydroxylation sites is 1. The van der Waals surface area contributed by atoms with E-state index in [4.69, 9.17) is 4.42 Å². The van der Waals surface area contributed by atoms with E-state index in [0.717, 1.165) is 16.5 Å². The summed E-state index contributed by atoms with van der Waals surface area (Å²) in [7, 11) is 0. The van der Waals surface area contributed by atoms with Gasteiger partial charge in [-0.15, -0.1) is 0 Å². The van der Waals surface area contributed by atoms with Gasteiger partial charge in [0.2, 0.25) is 0 Å². The summed E-state index contributed by atoms with van der Waals surface area (Å²) in [6.07, 6.45) is 0. The number of hydrogen-bond donors (Lipinski definition) is 0. The molecular weight excluding hydrogens is 236 g/mol. The van der Waals surface area contributed by atoms with Gasteiger partial charge in [-0.2, -0.15) is 0 Å². The molecule has 2 nitrogen and oxygen atoms in total. The molecule has 19 heavy (non-hydrogen) atoms. The number of benzene rings is 2. The fraction of sp³-hybridized carbons (Fsp3) is 0.118. The average molecular weight is 250 g/mol. The Morgan fingerprint density at radius 1 is 0.895 bits per heavy atom. The maximum Gasteiger partial charge on any atom is 0.336 e. The van der Waals surface area contributed by atoms with Crippen molar-refractivity contribution in [3.05, 3.63) is 70.1 Å². The van der Waals surface area contributed by atoms with Crippen molar-refractivity contribution in [2.75, 3.05) is 0 Å². The third-order valence-corrected chi connectivity index (χ3v) is 3.33. The monoisotopic (exact) mass is 250 g/mol. The lowest BCUT2D eigenvalue weighted by atomic mass is 9.97. The Bertz CT molecular complexity index is 813. The predicted molar refractivity (Wildman–Crippen MR) is 77.4 cm³/mol. The van der Waals surface area contributed by atoms with Crippen LogP contribution in [0.4, 0.5) is 0 Å². The van der Waals surface area contributed by atoms with Crippen LogP contribution in [-0.2, 0) is 0 Å². The number of fused-ring (bicyclic) bond motifs is 1. The van der Waals surface area contributed by atoms with E-state index in [9.17, 15) is 4.79 Å². The molecule has 2 heteroatoms. The topological polar surface area (TPSA) is 30.2 Å². The van der Waals surface area contributed by atoms with E-state index in [1.165, 1.54) is 17.2 Å². The van der Waals surface area contributed by atoms with Crippen LogP contribution in [0.2, 0.25) is 0 Å². The number of hydrogen-bond acceptors (Lipinski definition) is 2. The minimum atomic E-state index is -0.315. The molecule has 0 atom stereocenters. The van der Waals surface area contributed by atoms with Gasteiger partial charge in [0.25, 0.3) is 0 Å². The second-order valence-electron chi connectivity index (χ2n) is 4.80. The largest absolute Gasteiger partial charge is 0.422 e. The van der Waals surface area contributed by atoms with Crippen molar-refractivity contribution in [2.24, 2.45) is 0 Å². The van der Waals surface area contributed by atoms with Crippen molar-refractivity contribution in [3.63, 3.8) is 0 Å². The maximum atomic E-state index is 11.5. The van der Waals surface area contributed by atoms with Gasteiger partial charge in [-0.3, -0.25) is 0 Å². The van der Waals surface area contributed by atoms with Crippen LogP contribution in [0.25, 0.3) is 22.1 Å². The van der Waals surface area contributed by atoms with Crippen LogP contribution >= 0.6 is 0 Å². The van der Waals surface area contributed by atoms with Crippen molar-refractivity contribution >= 4 is 11.0 Å². The number of rotatable bonds is 1. The molecular formula is C17H14O2. The smallest absolute Gasteiger partial charge is 0.336 e. The van der Waals surface area contributed by atoms with Crippen molar-refractivity contribution in [1.29, 1.82) is 0 Å². The summed E-state index contributed by atoms with van der Waals surface area (Å²) in [6, 6.07) is 15.5.